The summed E-state index contributed by atoms with van der Waals surface area (Å²) in [6.45, 7) is 17.1. The van der Waals surface area contributed by atoms with Crippen molar-refractivity contribution in [2.24, 2.45) is 5.73 Å². The second kappa shape index (κ2) is 74.3. The first-order valence-corrected chi connectivity index (χ1v) is 39.9. The van der Waals surface area contributed by atoms with Crippen molar-refractivity contribution in [3.8, 4) is 0 Å². The molecular weight excluding hydrogens is 1190 g/mol. The largest absolute Gasteiger partial charge is 0.377 e. The number of amides is 1. The zero-order chi connectivity index (χ0) is 65.3. The van der Waals surface area contributed by atoms with Crippen LogP contribution in [-0.4, -0.2) is 183 Å². The summed E-state index contributed by atoms with van der Waals surface area (Å²) in [4.78, 5) is 23.0. The lowest BCUT2D eigenvalue weighted by Crippen LogP contribution is -2.30. The van der Waals surface area contributed by atoms with Crippen molar-refractivity contribution in [1.29, 1.82) is 0 Å². The molecule has 0 saturated heterocycles. The maximum atomic E-state index is 11.9. The van der Waals surface area contributed by atoms with Gasteiger partial charge in [0.15, 0.2) is 0 Å². The Morgan fingerprint density at radius 2 is 0.714 bits per heavy atom. The number of rotatable bonds is 79. The highest BCUT2D eigenvalue weighted by Gasteiger charge is 2.16. The molecule has 0 bridgehead atoms. The molecule has 0 spiro atoms. The van der Waals surface area contributed by atoms with E-state index in [4.69, 9.17) is 53.1 Å². The molecule has 0 aromatic carbocycles. The standard InChI is InChI=1S/C72H141N5O12S2/c1-4-6-8-9-10-11-12-13-14-15-16-17-18-19-20-21-22-23-24-25-26-27-28-29-30-31-32-33-34-35-36-37-38-39-41-69(40-7-5-2)71-66-77(76-75-71)44-46-81-48-50-83-52-54-85-56-58-87-60-62-89-64-63-88-61-59-86-57-55-84-53-51-82-49-47-80-45-43-74-72(79)42-65-90-91-67-70(73)68(3)78/h66,69-70H,4-65,67,73H2,1-3H3,(H,74,79)/t69?,70-/m0/s1. The fourth-order valence-corrected chi connectivity index (χ4v) is 12.8. The lowest BCUT2D eigenvalue weighted by molar-refractivity contribution is -0.121. The Labute approximate surface area is 565 Å². The van der Waals surface area contributed by atoms with Crippen LogP contribution in [0, 0.1) is 0 Å². The highest BCUT2D eigenvalue weighted by molar-refractivity contribution is 8.76. The number of nitrogens with one attached hydrogen (secondary N) is 1. The molecule has 538 valence electrons. The predicted octanol–water partition coefficient (Wildman–Crippen LogP) is 16.2. The molecular formula is C72H141N5O12S2. The van der Waals surface area contributed by atoms with Crippen LogP contribution in [0.25, 0.3) is 0 Å². The van der Waals surface area contributed by atoms with Crippen LogP contribution in [0.5, 0.6) is 0 Å². The molecule has 3 N–H and O–H groups in total. The summed E-state index contributed by atoms with van der Waals surface area (Å²) < 4.78 is 57.8. The van der Waals surface area contributed by atoms with E-state index < -0.39 is 6.04 Å². The zero-order valence-electron chi connectivity index (χ0n) is 58.9. The average molecular weight is 1330 g/mol. The Morgan fingerprint density at radius 1 is 0.418 bits per heavy atom. The van der Waals surface area contributed by atoms with Crippen molar-refractivity contribution in [2.45, 2.75) is 290 Å². The van der Waals surface area contributed by atoms with E-state index in [-0.39, 0.29) is 11.7 Å². The van der Waals surface area contributed by atoms with Crippen LogP contribution in [0.15, 0.2) is 6.20 Å². The van der Waals surface area contributed by atoms with Crippen molar-refractivity contribution >= 4 is 33.3 Å². The second-order valence-electron chi connectivity index (χ2n) is 24.7. The van der Waals surface area contributed by atoms with Gasteiger partial charge in [-0.25, -0.2) is 4.68 Å². The Hall–Kier alpha value is -1.46. The average Bonchev–Trinajstić information content (AvgIpc) is 3.72. The molecule has 1 rings (SSSR count). The minimum Gasteiger partial charge on any atom is -0.377 e. The lowest BCUT2D eigenvalue weighted by atomic mass is 9.92. The first-order valence-electron chi connectivity index (χ1n) is 37.4. The van der Waals surface area contributed by atoms with Gasteiger partial charge in [-0.1, -0.05) is 272 Å². The summed E-state index contributed by atoms with van der Waals surface area (Å²) in [5.41, 5.74) is 6.84. The van der Waals surface area contributed by atoms with Crippen LogP contribution in [-0.2, 0) is 63.5 Å². The minimum atomic E-state index is -0.447. The summed E-state index contributed by atoms with van der Waals surface area (Å²) in [7, 11) is 3.05. The Kier molecular flexibility index (Phi) is 71.5. The third-order valence-corrected chi connectivity index (χ3v) is 18.9. The van der Waals surface area contributed by atoms with Crippen LogP contribution in [0.1, 0.15) is 283 Å². The molecule has 2 atom stereocenters. The Bertz CT molecular complexity index is 1610. The summed E-state index contributed by atoms with van der Waals surface area (Å²) >= 11 is 0. The van der Waals surface area contributed by atoms with Gasteiger partial charge in [0.05, 0.1) is 150 Å². The molecule has 0 aliphatic rings. The number of carbonyl (C=O) groups excluding carboxylic acids is 2. The number of hydrogen-bond donors (Lipinski definition) is 2. The van der Waals surface area contributed by atoms with Crippen LogP contribution in [0.4, 0.5) is 0 Å². The number of unbranched alkanes of at least 4 members (excludes halogenated alkanes) is 34. The highest BCUT2D eigenvalue weighted by Crippen LogP contribution is 2.27. The Morgan fingerprint density at radius 3 is 1.04 bits per heavy atom. The third-order valence-electron chi connectivity index (χ3n) is 16.4. The van der Waals surface area contributed by atoms with Gasteiger partial charge in [0.1, 0.15) is 5.78 Å². The van der Waals surface area contributed by atoms with E-state index in [1.807, 2.05) is 4.68 Å². The second-order valence-corrected chi connectivity index (χ2v) is 27.4. The molecule has 1 unspecified atom stereocenters. The van der Waals surface area contributed by atoms with E-state index in [1.165, 1.54) is 262 Å². The highest BCUT2D eigenvalue weighted by atomic mass is 33.1. The summed E-state index contributed by atoms with van der Waals surface area (Å²) in [5, 5.41) is 11.9. The smallest absolute Gasteiger partial charge is 0.220 e. The van der Waals surface area contributed by atoms with Crippen LogP contribution in [0.3, 0.4) is 0 Å². The van der Waals surface area contributed by atoms with E-state index in [9.17, 15) is 9.59 Å². The van der Waals surface area contributed by atoms with E-state index >= 15 is 0 Å². The van der Waals surface area contributed by atoms with Gasteiger partial charge in [0.2, 0.25) is 5.91 Å². The topological polar surface area (TPSA) is 195 Å². The number of nitrogens with zero attached hydrogens (tertiary/aromatic N) is 3. The van der Waals surface area contributed by atoms with Gasteiger partial charge >= 0.3 is 0 Å². The molecule has 91 heavy (non-hydrogen) atoms. The number of hydrogen-bond acceptors (Lipinski definition) is 17. The van der Waals surface area contributed by atoms with E-state index in [0.29, 0.717) is 169 Å². The number of nitrogens with two attached hydrogens (primary N) is 1. The SMILES string of the molecule is CCCCCCCCCCCCCCCCCCCCCCCCCCCCCCCCCCCCC(CCCC)c1cn(CCOCCOCCOCCOCCOCCOCCOCCOCCOCCOCCNC(=O)CCSSC[C@H](N)C(C)=O)nn1. The van der Waals surface area contributed by atoms with Gasteiger partial charge in [0, 0.05) is 36.6 Å². The molecule has 0 aliphatic carbocycles. The normalized spacial score (nSPS) is 12.4. The summed E-state index contributed by atoms with van der Waals surface area (Å²) in [6.07, 6.45) is 56.5. The monoisotopic (exact) mass is 1330 g/mol. The number of ether oxygens (including phenoxy) is 10. The fourth-order valence-electron chi connectivity index (χ4n) is 10.6. The van der Waals surface area contributed by atoms with Crippen LogP contribution >= 0.6 is 21.6 Å². The molecule has 0 aliphatic heterocycles. The maximum Gasteiger partial charge on any atom is 0.220 e. The van der Waals surface area contributed by atoms with Crippen LogP contribution in [0.2, 0.25) is 0 Å². The molecule has 0 fully saturated rings. The molecule has 1 amide bonds. The first-order chi connectivity index (χ1) is 45.0. The van der Waals surface area contributed by atoms with E-state index in [2.05, 4.69) is 35.7 Å². The molecule has 0 radical (unpaired) electrons. The van der Waals surface area contributed by atoms with Crippen molar-refractivity contribution in [3.63, 3.8) is 0 Å². The van der Waals surface area contributed by atoms with Crippen LogP contribution < -0.4 is 11.1 Å². The molecule has 19 heteroatoms. The first kappa shape index (κ1) is 87.6. The van der Waals surface area contributed by atoms with Crippen molar-refractivity contribution in [2.75, 3.05) is 150 Å². The van der Waals surface area contributed by atoms with Gasteiger partial charge < -0.3 is 58.4 Å². The number of carbonyl (C=O) groups is 2. The number of Topliss-reactive ketones (excluding diaryl/α,β-unsaturated/α-hetero) is 1. The number of ketones is 1. The van der Waals surface area contributed by atoms with Gasteiger partial charge in [-0.2, -0.15) is 0 Å². The molecule has 1 aromatic heterocycles. The minimum absolute atomic E-state index is 0.0257. The quantitative estimate of drug-likeness (QED) is 0.0461. The third kappa shape index (κ3) is 66.9. The molecule has 17 nitrogen and oxygen atoms in total. The predicted molar refractivity (Wildman–Crippen MR) is 379 cm³/mol. The summed E-state index contributed by atoms with van der Waals surface area (Å²) in [5.74, 6) is 1.66. The van der Waals surface area contributed by atoms with Gasteiger partial charge in [-0.05, 0) is 19.8 Å². The van der Waals surface area contributed by atoms with Gasteiger partial charge in [0.25, 0.3) is 0 Å². The van der Waals surface area contributed by atoms with Crippen molar-refractivity contribution in [3.05, 3.63) is 11.9 Å². The zero-order valence-corrected chi connectivity index (χ0v) is 60.5. The van der Waals surface area contributed by atoms with E-state index in [0.717, 1.165) is 5.69 Å². The van der Waals surface area contributed by atoms with Crippen molar-refractivity contribution in [1.82, 2.24) is 20.3 Å². The van der Waals surface area contributed by atoms with Gasteiger partial charge in [-0.15, -0.1) is 5.10 Å². The number of aromatic nitrogens is 3. The maximum absolute atomic E-state index is 11.9. The molecule has 1 aromatic rings. The fraction of sp³-hybridized carbons (Fsp3) is 0.944. The molecule has 0 saturated carbocycles. The van der Waals surface area contributed by atoms with Gasteiger partial charge in [-0.3, -0.25) is 9.59 Å². The van der Waals surface area contributed by atoms with E-state index in [1.54, 1.807) is 10.8 Å². The summed E-state index contributed by atoms with van der Waals surface area (Å²) in [6, 6.07) is -0.447. The lowest BCUT2D eigenvalue weighted by Gasteiger charge is -2.13. The van der Waals surface area contributed by atoms with Crippen molar-refractivity contribution < 1.29 is 57.0 Å². The molecule has 1 heterocycles. The Balaban J connectivity index is 1.79.